The lowest BCUT2D eigenvalue weighted by Gasteiger charge is -2.09. The quantitative estimate of drug-likeness (QED) is 0.831. The molecule has 2 N–H and O–H groups in total. The third-order valence-corrected chi connectivity index (χ3v) is 4.13. The Morgan fingerprint density at radius 3 is 2.93 bits per heavy atom. The second-order valence-electron chi connectivity index (χ2n) is 4.09. The summed E-state index contributed by atoms with van der Waals surface area (Å²) >= 11 is 1.76. The van der Waals surface area contributed by atoms with Gasteiger partial charge in [0.1, 0.15) is 10.0 Å². The highest BCUT2D eigenvalue weighted by molar-refractivity contribution is 7.11. The summed E-state index contributed by atoms with van der Waals surface area (Å²) in [6, 6.07) is 0. The van der Waals surface area contributed by atoms with Gasteiger partial charge in [-0.3, -0.25) is 0 Å². The van der Waals surface area contributed by atoms with Gasteiger partial charge in [0.05, 0.1) is 0 Å². The molecule has 0 aromatic carbocycles. The molecule has 0 amide bonds. The van der Waals surface area contributed by atoms with Crippen LogP contribution in [0, 0.1) is 5.92 Å². The van der Waals surface area contributed by atoms with E-state index >= 15 is 0 Å². The van der Waals surface area contributed by atoms with Crippen molar-refractivity contribution < 1.29 is 0 Å². The highest BCUT2D eigenvalue weighted by Crippen LogP contribution is 2.40. The Balaban J connectivity index is 2.08. The average molecular weight is 211 g/mol. The number of nitrogens with zero attached hydrogens (tertiary/aromatic N) is 2. The van der Waals surface area contributed by atoms with Crippen LogP contribution in [0.1, 0.15) is 42.1 Å². The molecule has 0 spiro atoms. The van der Waals surface area contributed by atoms with Gasteiger partial charge in [-0.1, -0.05) is 19.8 Å². The lowest BCUT2D eigenvalue weighted by atomic mass is 9.99. The van der Waals surface area contributed by atoms with Crippen molar-refractivity contribution in [3.63, 3.8) is 0 Å². The molecule has 4 heteroatoms. The summed E-state index contributed by atoms with van der Waals surface area (Å²) < 4.78 is 0. The van der Waals surface area contributed by atoms with Gasteiger partial charge in [0.15, 0.2) is 0 Å². The molecule has 1 aliphatic rings. The first-order valence-electron chi connectivity index (χ1n) is 5.33. The Bertz CT molecular complexity index is 297. The molecule has 1 saturated carbocycles. The molecule has 1 heterocycles. The lowest BCUT2D eigenvalue weighted by molar-refractivity contribution is 0.527. The Morgan fingerprint density at radius 2 is 2.29 bits per heavy atom. The van der Waals surface area contributed by atoms with Crippen LogP contribution in [0.25, 0.3) is 0 Å². The summed E-state index contributed by atoms with van der Waals surface area (Å²) in [7, 11) is 0. The lowest BCUT2D eigenvalue weighted by Crippen LogP contribution is -2.01. The Kier molecular flexibility index (Phi) is 3.13. The maximum Gasteiger partial charge on any atom is 0.120 e. The van der Waals surface area contributed by atoms with Crippen LogP contribution in [0.15, 0.2) is 0 Å². The molecule has 1 aromatic heterocycles. The van der Waals surface area contributed by atoms with E-state index in [1.54, 1.807) is 11.3 Å². The highest BCUT2D eigenvalue weighted by atomic mass is 32.1. The van der Waals surface area contributed by atoms with Crippen molar-refractivity contribution in [1.82, 2.24) is 10.2 Å². The van der Waals surface area contributed by atoms with Crippen LogP contribution >= 0.6 is 11.3 Å². The van der Waals surface area contributed by atoms with Crippen molar-refractivity contribution in [3.8, 4) is 0 Å². The second kappa shape index (κ2) is 4.36. The maximum absolute atomic E-state index is 5.49. The van der Waals surface area contributed by atoms with Crippen molar-refractivity contribution in [3.05, 3.63) is 10.0 Å². The first-order valence-corrected chi connectivity index (χ1v) is 6.15. The number of rotatable bonds is 3. The molecule has 0 saturated heterocycles. The van der Waals surface area contributed by atoms with Crippen molar-refractivity contribution in [2.75, 3.05) is 6.54 Å². The predicted octanol–water partition coefficient (Wildman–Crippen LogP) is 1.94. The summed E-state index contributed by atoms with van der Waals surface area (Å²) in [6.07, 6.45) is 4.85. The van der Waals surface area contributed by atoms with E-state index in [4.69, 9.17) is 5.73 Å². The van der Waals surface area contributed by atoms with Crippen LogP contribution < -0.4 is 5.73 Å². The zero-order valence-electron chi connectivity index (χ0n) is 8.57. The Labute approximate surface area is 88.7 Å². The van der Waals surface area contributed by atoms with Crippen LogP contribution in [0.5, 0.6) is 0 Å². The summed E-state index contributed by atoms with van der Waals surface area (Å²) in [4.78, 5) is 0. The molecule has 1 fully saturated rings. The van der Waals surface area contributed by atoms with Crippen molar-refractivity contribution in [2.45, 2.75) is 38.5 Å². The van der Waals surface area contributed by atoms with Gasteiger partial charge >= 0.3 is 0 Å². The first-order chi connectivity index (χ1) is 6.81. The molecular weight excluding hydrogens is 194 g/mol. The van der Waals surface area contributed by atoms with E-state index in [0.29, 0.717) is 12.5 Å². The van der Waals surface area contributed by atoms with Gasteiger partial charge in [-0.05, 0) is 18.9 Å². The molecule has 2 rings (SSSR count). The van der Waals surface area contributed by atoms with Gasteiger partial charge in [0.2, 0.25) is 0 Å². The molecule has 3 nitrogen and oxygen atoms in total. The van der Waals surface area contributed by atoms with Crippen LogP contribution in [-0.2, 0) is 6.42 Å². The molecule has 0 bridgehead atoms. The summed E-state index contributed by atoms with van der Waals surface area (Å²) in [5.41, 5.74) is 5.49. The summed E-state index contributed by atoms with van der Waals surface area (Å²) in [5.74, 6) is 1.45. The van der Waals surface area contributed by atoms with Crippen LogP contribution in [-0.4, -0.2) is 16.7 Å². The van der Waals surface area contributed by atoms with E-state index < -0.39 is 0 Å². The maximum atomic E-state index is 5.49. The second-order valence-corrected chi connectivity index (χ2v) is 5.18. The minimum atomic E-state index is 0.666. The number of hydrogen-bond acceptors (Lipinski definition) is 4. The fourth-order valence-electron chi connectivity index (χ4n) is 2.15. The highest BCUT2D eigenvalue weighted by Gasteiger charge is 2.27. The molecule has 78 valence electrons. The zero-order chi connectivity index (χ0) is 9.97. The van der Waals surface area contributed by atoms with Gasteiger partial charge in [-0.2, -0.15) is 0 Å². The van der Waals surface area contributed by atoms with E-state index in [1.807, 2.05) is 0 Å². The smallest absolute Gasteiger partial charge is 0.120 e. The third kappa shape index (κ3) is 1.96. The van der Waals surface area contributed by atoms with E-state index in [0.717, 1.165) is 17.3 Å². The van der Waals surface area contributed by atoms with Crippen LogP contribution in [0.2, 0.25) is 0 Å². The van der Waals surface area contributed by atoms with E-state index in [1.165, 1.54) is 24.3 Å². The molecule has 2 atom stereocenters. The third-order valence-electron chi connectivity index (χ3n) is 3.02. The van der Waals surface area contributed by atoms with Crippen molar-refractivity contribution in [2.24, 2.45) is 11.7 Å². The van der Waals surface area contributed by atoms with E-state index in [9.17, 15) is 0 Å². The van der Waals surface area contributed by atoms with Crippen molar-refractivity contribution >= 4 is 11.3 Å². The molecular formula is C10H17N3S. The van der Waals surface area contributed by atoms with Gasteiger partial charge in [-0.25, -0.2) is 0 Å². The predicted molar refractivity (Wildman–Crippen MR) is 58.4 cm³/mol. The molecule has 1 aliphatic carbocycles. The molecule has 2 unspecified atom stereocenters. The van der Waals surface area contributed by atoms with Crippen molar-refractivity contribution in [1.29, 1.82) is 0 Å². The van der Waals surface area contributed by atoms with Gasteiger partial charge in [0.25, 0.3) is 0 Å². The molecule has 1 aromatic rings. The number of hydrogen-bond donors (Lipinski definition) is 1. The molecule has 0 aliphatic heterocycles. The van der Waals surface area contributed by atoms with Gasteiger partial charge in [-0.15, -0.1) is 21.5 Å². The molecule has 14 heavy (non-hydrogen) atoms. The number of aromatic nitrogens is 2. The molecule has 0 radical (unpaired) electrons. The summed E-state index contributed by atoms with van der Waals surface area (Å²) in [5, 5.41) is 10.8. The largest absolute Gasteiger partial charge is 0.330 e. The summed E-state index contributed by atoms with van der Waals surface area (Å²) in [6.45, 7) is 3.00. The zero-order valence-corrected chi connectivity index (χ0v) is 9.39. The van der Waals surface area contributed by atoms with E-state index in [2.05, 4.69) is 17.1 Å². The minimum absolute atomic E-state index is 0.666. The average Bonchev–Trinajstić information content (AvgIpc) is 2.74. The Hall–Kier alpha value is -0.480. The van der Waals surface area contributed by atoms with Crippen LogP contribution in [0.4, 0.5) is 0 Å². The van der Waals surface area contributed by atoms with Crippen LogP contribution in [0.3, 0.4) is 0 Å². The fraction of sp³-hybridized carbons (Fsp3) is 0.800. The fourth-order valence-corrected chi connectivity index (χ4v) is 3.28. The standard InChI is InChI=1S/C10H17N3S/c1-7-3-2-4-8(7)10-13-12-9(14-10)5-6-11/h7-8H,2-6,11H2,1H3. The first kappa shape index (κ1) is 10.1. The number of nitrogens with two attached hydrogens (primary N) is 1. The SMILES string of the molecule is CC1CCCC1c1nnc(CCN)s1. The van der Waals surface area contributed by atoms with E-state index in [-0.39, 0.29) is 0 Å². The minimum Gasteiger partial charge on any atom is -0.330 e. The monoisotopic (exact) mass is 211 g/mol. The van der Waals surface area contributed by atoms with Gasteiger partial charge < -0.3 is 5.73 Å². The van der Waals surface area contributed by atoms with Gasteiger partial charge in [0, 0.05) is 12.3 Å². The normalized spacial score (nSPS) is 27.0. The topological polar surface area (TPSA) is 51.8 Å². The Morgan fingerprint density at radius 1 is 1.43 bits per heavy atom.